The molecule has 0 amide bonds. The number of amidine groups is 1. The average molecular weight is 332 g/mol. The maximum absolute atomic E-state index is 12.1. The van der Waals surface area contributed by atoms with E-state index in [1.54, 1.807) is 0 Å². The molecule has 0 aliphatic rings. The third-order valence-electron chi connectivity index (χ3n) is 1.55. The highest BCUT2D eigenvalue weighted by Crippen LogP contribution is 2.34. The van der Waals surface area contributed by atoms with Gasteiger partial charge in [0.25, 0.3) is 0 Å². The van der Waals surface area contributed by atoms with Crippen LogP contribution in [0, 0.1) is 0 Å². The van der Waals surface area contributed by atoms with E-state index in [0.717, 1.165) is 6.07 Å². The van der Waals surface area contributed by atoms with Crippen LogP contribution in [-0.2, 0) is 0 Å². The summed E-state index contributed by atoms with van der Waals surface area (Å²) in [6.07, 6.45) is -4.79. The van der Waals surface area contributed by atoms with E-state index in [1.165, 1.54) is 12.1 Å². The van der Waals surface area contributed by atoms with Gasteiger partial charge in [-0.15, -0.1) is 24.8 Å². The van der Waals surface area contributed by atoms with Gasteiger partial charge in [0.1, 0.15) is 11.5 Å². The van der Waals surface area contributed by atoms with E-state index in [1.807, 2.05) is 0 Å². The Morgan fingerprint density at radius 2 is 2.12 bits per heavy atom. The van der Waals surface area contributed by atoms with Crippen molar-refractivity contribution in [3.63, 3.8) is 0 Å². The topological polar surface area (TPSA) is 47.6 Å². The van der Waals surface area contributed by atoms with E-state index in [-0.39, 0.29) is 17.4 Å². The fraction of sp³-hybridized carbons (Fsp3) is 0.222. The first kappa shape index (κ1) is 14.1. The minimum atomic E-state index is -4.79. The zero-order valence-corrected chi connectivity index (χ0v) is 10.6. The zero-order chi connectivity index (χ0) is 13.1. The second-order valence-corrected chi connectivity index (χ2v) is 4.08. The Morgan fingerprint density at radius 1 is 1.47 bits per heavy atom. The maximum atomic E-state index is 12.1. The quantitative estimate of drug-likeness (QED) is 0.523. The molecule has 0 radical (unpaired) electrons. The summed E-state index contributed by atoms with van der Waals surface area (Å²) in [7, 11) is 0. The molecule has 0 saturated carbocycles. The van der Waals surface area contributed by atoms with Gasteiger partial charge in [0.15, 0.2) is 5.75 Å². The molecule has 3 nitrogen and oxygen atoms in total. The molecule has 0 aliphatic carbocycles. The molecular formula is C9H7BrClF3N2O. The Kier molecular flexibility index (Phi) is 4.64. The summed E-state index contributed by atoms with van der Waals surface area (Å²) in [5.41, 5.74) is 5.31. The summed E-state index contributed by atoms with van der Waals surface area (Å²) in [4.78, 5) is 3.72. The Labute approximate surface area is 109 Å². The maximum Gasteiger partial charge on any atom is 0.573 e. The Morgan fingerprint density at radius 3 is 2.65 bits per heavy atom. The van der Waals surface area contributed by atoms with Crippen LogP contribution in [0.25, 0.3) is 0 Å². The highest BCUT2D eigenvalue weighted by molar-refractivity contribution is 9.10. The number of halogens is 5. The van der Waals surface area contributed by atoms with Crippen LogP contribution in [0.15, 0.2) is 27.7 Å². The normalized spacial score (nSPS) is 12.6. The minimum Gasteiger partial charge on any atom is -0.403 e. The van der Waals surface area contributed by atoms with Gasteiger partial charge in [-0.25, -0.2) is 4.99 Å². The highest BCUT2D eigenvalue weighted by atomic mass is 79.9. The van der Waals surface area contributed by atoms with Gasteiger partial charge >= 0.3 is 6.36 Å². The molecule has 1 aromatic rings. The van der Waals surface area contributed by atoms with Crippen molar-refractivity contribution >= 4 is 39.1 Å². The molecule has 0 saturated heterocycles. The van der Waals surface area contributed by atoms with Crippen LogP contribution in [0.4, 0.5) is 18.9 Å². The Bertz CT molecular complexity index is 437. The van der Waals surface area contributed by atoms with Crippen LogP contribution in [-0.4, -0.2) is 18.1 Å². The van der Waals surface area contributed by atoms with Gasteiger partial charge in [-0.05, 0) is 18.2 Å². The van der Waals surface area contributed by atoms with Crippen molar-refractivity contribution in [3.8, 4) is 5.75 Å². The largest absolute Gasteiger partial charge is 0.573 e. The van der Waals surface area contributed by atoms with Crippen molar-refractivity contribution in [2.24, 2.45) is 10.7 Å². The first-order valence-corrected chi connectivity index (χ1v) is 5.59. The van der Waals surface area contributed by atoms with Crippen molar-refractivity contribution in [1.29, 1.82) is 0 Å². The van der Waals surface area contributed by atoms with Gasteiger partial charge in [0.2, 0.25) is 0 Å². The summed E-state index contributed by atoms with van der Waals surface area (Å²) in [6, 6.07) is 4.00. The van der Waals surface area contributed by atoms with Crippen molar-refractivity contribution in [2.45, 2.75) is 6.36 Å². The summed E-state index contributed by atoms with van der Waals surface area (Å²) in [5, 5.41) is 0. The Balaban J connectivity index is 3.13. The molecule has 0 aromatic heterocycles. The summed E-state index contributed by atoms with van der Waals surface area (Å²) in [6.45, 7) is 0. The average Bonchev–Trinajstić information content (AvgIpc) is 2.19. The van der Waals surface area contributed by atoms with Crippen molar-refractivity contribution in [1.82, 2.24) is 0 Å². The lowest BCUT2D eigenvalue weighted by atomic mass is 10.3. The molecule has 0 aliphatic heterocycles. The lowest BCUT2D eigenvalue weighted by Gasteiger charge is -2.11. The van der Waals surface area contributed by atoms with Gasteiger partial charge in [-0.2, -0.15) is 0 Å². The zero-order valence-electron chi connectivity index (χ0n) is 8.26. The second-order valence-electron chi connectivity index (χ2n) is 2.90. The lowest BCUT2D eigenvalue weighted by molar-refractivity contribution is -0.274. The third kappa shape index (κ3) is 4.82. The number of hydrogen-bond acceptors (Lipinski definition) is 2. The van der Waals surface area contributed by atoms with Crippen molar-refractivity contribution < 1.29 is 17.9 Å². The molecule has 0 spiro atoms. The van der Waals surface area contributed by atoms with Crippen LogP contribution in [0.5, 0.6) is 5.75 Å². The predicted molar refractivity (Wildman–Crippen MR) is 62.8 cm³/mol. The number of alkyl halides is 4. The monoisotopic (exact) mass is 330 g/mol. The van der Waals surface area contributed by atoms with E-state index < -0.39 is 12.1 Å². The molecular weight excluding hydrogens is 324 g/mol. The highest BCUT2D eigenvalue weighted by Gasteiger charge is 2.32. The predicted octanol–water partition coefficient (Wildman–Crippen LogP) is 3.58. The molecule has 17 heavy (non-hydrogen) atoms. The number of ether oxygens (including phenoxy) is 1. The first-order chi connectivity index (χ1) is 7.81. The third-order valence-corrected chi connectivity index (χ3v) is 2.32. The molecule has 2 N–H and O–H groups in total. The number of hydrogen-bond donors (Lipinski definition) is 1. The standard InChI is InChI=1S/C9H7BrClF3N2O/c10-5-1-2-6(16-8(15)4-11)7(3-5)17-9(12,13)14/h1-3H,4H2,(H2,15,16). The second kappa shape index (κ2) is 5.59. The number of benzene rings is 1. The molecule has 0 atom stereocenters. The molecule has 0 fully saturated rings. The van der Waals surface area contributed by atoms with E-state index in [0.29, 0.717) is 4.47 Å². The van der Waals surface area contributed by atoms with Gasteiger partial charge in [0, 0.05) is 4.47 Å². The van der Waals surface area contributed by atoms with Gasteiger partial charge in [-0.1, -0.05) is 15.9 Å². The Hall–Kier alpha value is -0.950. The van der Waals surface area contributed by atoms with Crippen LogP contribution in [0.1, 0.15) is 0 Å². The first-order valence-electron chi connectivity index (χ1n) is 4.26. The summed E-state index contributed by atoms with van der Waals surface area (Å²) < 4.78 is 40.6. The smallest absolute Gasteiger partial charge is 0.403 e. The molecule has 94 valence electrons. The van der Waals surface area contributed by atoms with Crippen LogP contribution in [0.2, 0.25) is 0 Å². The van der Waals surface area contributed by atoms with Gasteiger partial charge in [0.05, 0.1) is 5.88 Å². The SMILES string of the molecule is NC(CCl)=Nc1ccc(Br)cc1OC(F)(F)F. The van der Waals surface area contributed by atoms with E-state index >= 15 is 0 Å². The number of nitrogens with two attached hydrogens (primary N) is 1. The van der Waals surface area contributed by atoms with Crippen LogP contribution >= 0.6 is 27.5 Å². The number of rotatable bonds is 3. The molecule has 8 heteroatoms. The molecule has 1 aromatic carbocycles. The van der Waals surface area contributed by atoms with Crippen LogP contribution in [0.3, 0.4) is 0 Å². The summed E-state index contributed by atoms with van der Waals surface area (Å²) in [5.74, 6) is -0.525. The van der Waals surface area contributed by atoms with E-state index in [4.69, 9.17) is 17.3 Å². The molecule has 0 heterocycles. The number of nitrogens with zero attached hydrogens (tertiary/aromatic N) is 1. The molecule has 0 unspecified atom stereocenters. The summed E-state index contributed by atoms with van der Waals surface area (Å²) >= 11 is 8.42. The van der Waals surface area contributed by atoms with Crippen molar-refractivity contribution in [3.05, 3.63) is 22.7 Å². The van der Waals surface area contributed by atoms with E-state index in [9.17, 15) is 13.2 Å². The van der Waals surface area contributed by atoms with Gasteiger partial charge < -0.3 is 10.5 Å². The van der Waals surface area contributed by atoms with E-state index in [2.05, 4.69) is 25.7 Å². The minimum absolute atomic E-state index is 0.000939. The lowest BCUT2D eigenvalue weighted by Crippen LogP contribution is -2.17. The van der Waals surface area contributed by atoms with Crippen molar-refractivity contribution in [2.75, 3.05) is 5.88 Å². The molecule has 1 rings (SSSR count). The number of aliphatic imine (C=N–C) groups is 1. The fourth-order valence-corrected chi connectivity index (χ4v) is 1.37. The van der Waals surface area contributed by atoms with Crippen LogP contribution < -0.4 is 10.5 Å². The van der Waals surface area contributed by atoms with Gasteiger partial charge in [-0.3, -0.25) is 0 Å². The molecule has 0 bridgehead atoms. The fourth-order valence-electron chi connectivity index (χ4n) is 0.971.